The molecule has 2 heteroatoms. The summed E-state index contributed by atoms with van der Waals surface area (Å²) in [5.41, 5.74) is 1.26. The van der Waals surface area contributed by atoms with Gasteiger partial charge in [0.2, 0.25) is 0 Å². The number of hydrogen-bond donors (Lipinski definition) is 0. The molecular weight excluding hydrogens is 141 g/mol. The Bertz CT molecular complexity index is 220. The molecule has 0 N–H and O–H groups in total. The number of hydrogen-bond acceptors (Lipinski definition) is 1. The van der Waals surface area contributed by atoms with E-state index in [0.29, 0.717) is 0 Å². The second kappa shape index (κ2) is 3.03. The molecule has 0 aliphatic carbocycles. The van der Waals surface area contributed by atoms with Crippen molar-refractivity contribution < 1.29 is 0 Å². The van der Waals surface area contributed by atoms with Crippen molar-refractivity contribution in [1.82, 2.24) is 0 Å². The number of rotatable bonds is 1. The molecule has 0 amide bonds. The summed E-state index contributed by atoms with van der Waals surface area (Å²) < 4.78 is 0. The van der Waals surface area contributed by atoms with Gasteiger partial charge >= 0.3 is 0 Å². The van der Waals surface area contributed by atoms with Gasteiger partial charge in [0.15, 0.2) is 0 Å². The first kappa shape index (κ1) is 7.56. The van der Waals surface area contributed by atoms with Crippen molar-refractivity contribution in [2.45, 2.75) is 0 Å². The Balaban J connectivity index is 3.03. The Labute approximate surface area is 64.3 Å². The first-order valence-corrected chi connectivity index (χ1v) is 3.81. The summed E-state index contributed by atoms with van der Waals surface area (Å²) in [7, 11) is 6.80. The van der Waals surface area contributed by atoms with Crippen LogP contribution in [0.5, 0.6) is 0 Å². The molecule has 0 heterocycles. The highest BCUT2D eigenvalue weighted by molar-refractivity contribution is 7.28. The van der Waals surface area contributed by atoms with E-state index < -0.39 is 0 Å². The van der Waals surface area contributed by atoms with E-state index in [1.54, 1.807) is 0 Å². The van der Waals surface area contributed by atoms with Crippen molar-refractivity contribution in [3.63, 3.8) is 0 Å². The SMILES string of the molecule is CN(C)c1ccccc1P. The molecular formula is C8H12NP. The van der Waals surface area contributed by atoms with Crippen LogP contribution in [0.3, 0.4) is 0 Å². The van der Waals surface area contributed by atoms with Crippen molar-refractivity contribution >= 4 is 20.2 Å². The second-order valence-electron chi connectivity index (χ2n) is 2.45. The third kappa shape index (κ3) is 1.48. The second-order valence-corrected chi connectivity index (χ2v) is 3.08. The summed E-state index contributed by atoms with van der Waals surface area (Å²) in [6, 6.07) is 8.26. The molecule has 0 aliphatic heterocycles. The minimum atomic E-state index is 1.24. The Morgan fingerprint density at radius 3 is 2.20 bits per heavy atom. The van der Waals surface area contributed by atoms with E-state index in [9.17, 15) is 0 Å². The molecule has 0 bridgehead atoms. The van der Waals surface area contributed by atoms with E-state index in [4.69, 9.17) is 0 Å². The van der Waals surface area contributed by atoms with Crippen LogP contribution >= 0.6 is 9.24 Å². The summed E-state index contributed by atoms with van der Waals surface area (Å²) in [6.07, 6.45) is 0. The van der Waals surface area contributed by atoms with Crippen LogP contribution in [0.1, 0.15) is 0 Å². The van der Waals surface area contributed by atoms with Crippen LogP contribution in [-0.4, -0.2) is 14.1 Å². The Hall–Kier alpha value is -0.550. The molecule has 1 aromatic carbocycles. The van der Waals surface area contributed by atoms with Gasteiger partial charge in [-0.1, -0.05) is 18.2 Å². The van der Waals surface area contributed by atoms with Gasteiger partial charge in [-0.3, -0.25) is 0 Å². The molecule has 0 radical (unpaired) electrons. The lowest BCUT2D eigenvalue weighted by Crippen LogP contribution is -2.14. The fourth-order valence-corrected chi connectivity index (χ4v) is 1.36. The van der Waals surface area contributed by atoms with E-state index in [1.807, 2.05) is 26.2 Å². The maximum atomic E-state index is 2.71. The smallest absolute Gasteiger partial charge is 0.0433 e. The predicted molar refractivity (Wildman–Crippen MR) is 50.1 cm³/mol. The van der Waals surface area contributed by atoms with Crippen molar-refractivity contribution in [3.8, 4) is 0 Å². The van der Waals surface area contributed by atoms with Crippen molar-refractivity contribution in [3.05, 3.63) is 24.3 Å². The van der Waals surface area contributed by atoms with Crippen LogP contribution in [0.15, 0.2) is 24.3 Å². The van der Waals surface area contributed by atoms with E-state index in [-0.39, 0.29) is 0 Å². The average Bonchev–Trinajstić information content (AvgIpc) is 1.88. The maximum Gasteiger partial charge on any atom is 0.0433 e. The fraction of sp³-hybridized carbons (Fsp3) is 0.250. The van der Waals surface area contributed by atoms with E-state index >= 15 is 0 Å². The molecule has 54 valence electrons. The third-order valence-electron chi connectivity index (χ3n) is 1.42. The van der Waals surface area contributed by atoms with Crippen molar-refractivity contribution in [1.29, 1.82) is 0 Å². The molecule has 0 aromatic heterocycles. The highest BCUT2D eigenvalue weighted by Crippen LogP contribution is 2.09. The molecule has 0 saturated heterocycles. The molecule has 1 unspecified atom stereocenters. The number of para-hydroxylation sites is 1. The number of anilines is 1. The quantitative estimate of drug-likeness (QED) is 0.549. The zero-order valence-electron chi connectivity index (χ0n) is 6.33. The van der Waals surface area contributed by atoms with E-state index in [1.165, 1.54) is 11.0 Å². The van der Waals surface area contributed by atoms with Gasteiger partial charge in [-0.25, -0.2) is 0 Å². The van der Waals surface area contributed by atoms with E-state index in [0.717, 1.165) is 0 Å². The maximum absolute atomic E-state index is 2.71. The van der Waals surface area contributed by atoms with Crippen LogP contribution in [0, 0.1) is 0 Å². The van der Waals surface area contributed by atoms with Gasteiger partial charge in [0.1, 0.15) is 0 Å². The van der Waals surface area contributed by atoms with Crippen LogP contribution in [-0.2, 0) is 0 Å². The highest BCUT2D eigenvalue weighted by atomic mass is 31.0. The highest BCUT2D eigenvalue weighted by Gasteiger charge is 1.95. The Morgan fingerprint density at radius 2 is 1.80 bits per heavy atom. The molecule has 1 rings (SSSR count). The van der Waals surface area contributed by atoms with Crippen LogP contribution in [0.2, 0.25) is 0 Å². The average molecular weight is 153 g/mol. The first-order chi connectivity index (χ1) is 4.72. The molecule has 0 aliphatic rings. The van der Waals surface area contributed by atoms with Gasteiger partial charge in [0.05, 0.1) is 0 Å². The zero-order valence-corrected chi connectivity index (χ0v) is 7.49. The molecule has 1 aromatic rings. The predicted octanol–water partition coefficient (Wildman–Crippen LogP) is 1.25. The topological polar surface area (TPSA) is 3.24 Å². The van der Waals surface area contributed by atoms with Gasteiger partial charge in [0.25, 0.3) is 0 Å². The lowest BCUT2D eigenvalue weighted by atomic mass is 10.3. The van der Waals surface area contributed by atoms with E-state index in [2.05, 4.69) is 26.3 Å². The molecule has 1 nitrogen and oxygen atoms in total. The van der Waals surface area contributed by atoms with Crippen LogP contribution in [0.4, 0.5) is 5.69 Å². The summed E-state index contributed by atoms with van der Waals surface area (Å²) in [5, 5.41) is 1.24. The van der Waals surface area contributed by atoms with Crippen molar-refractivity contribution in [2.75, 3.05) is 19.0 Å². The molecule has 0 saturated carbocycles. The molecule has 0 spiro atoms. The van der Waals surface area contributed by atoms with Gasteiger partial charge in [-0.2, -0.15) is 0 Å². The standard InChI is InChI=1S/C8H12NP/c1-9(2)7-5-3-4-6-8(7)10/h3-6H,10H2,1-2H3. The molecule has 10 heavy (non-hydrogen) atoms. The largest absolute Gasteiger partial charge is 0.377 e. The molecule has 1 atom stereocenters. The number of nitrogens with zero attached hydrogens (tertiary/aromatic N) is 1. The van der Waals surface area contributed by atoms with Gasteiger partial charge < -0.3 is 4.90 Å². The van der Waals surface area contributed by atoms with Crippen molar-refractivity contribution in [2.24, 2.45) is 0 Å². The molecule has 0 fully saturated rings. The lowest BCUT2D eigenvalue weighted by molar-refractivity contribution is 1.14. The summed E-state index contributed by atoms with van der Waals surface area (Å²) in [6.45, 7) is 0. The minimum absolute atomic E-state index is 1.24. The van der Waals surface area contributed by atoms with Gasteiger partial charge in [-0.05, 0) is 11.4 Å². The summed E-state index contributed by atoms with van der Waals surface area (Å²) in [5.74, 6) is 0. The Morgan fingerprint density at radius 1 is 1.20 bits per heavy atom. The zero-order chi connectivity index (χ0) is 7.56. The number of benzene rings is 1. The summed E-state index contributed by atoms with van der Waals surface area (Å²) in [4.78, 5) is 2.10. The monoisotopic (exact) mass is 153 g/mol. The van der Waals surface area contributed by atoms with Crippen LogP contribution < -0.4 is 10.2 Å². The normalized spacial score (nSPS) is 9.50. The Kier molecular flexibility index (Phi) is 2.29. The first-order valence-electron chi connectivity index (χ1n) is 3.23. The van der Waals surface area contributed by atoms with Gasteiger partial charge in [0, 0.05) is 19.8 Å². The van der Waals surface area contributed by atoms with Crippen LogP contribution in [0.25, 0.3) is 0 Å². The minimum Gasteiger partial charge on any atom is -0.377 e. The third-order valence-corrected chi connectivity index (χ3v) is 1.91. The lowest BCUT2D eigenvalue weighted by Gasteiger charge is -2.14. The van der Waals surface area contributed by atoms with Gasteiger partial charge in [-0.15, -0.1) is 9.24 Å². The fourth-order valence-electron chi connectivity index (χ4n) is 0.895. The summed E-state index contributed by atoms with van der Waals surface area (Å²) >= 11 is 0.